The van der Waals surface area contributed by atoms with Crippen molar-refractivity contribution in [3.8, 4) is 6.07 Å². The van der Waals surface area contributed by atoms with Gasteiger partial charge in [-0.3, -0.25) is 18.7 Å². The second kappa shape index (κ2) is 9.35. The Morgan fingerprint density at radius 2 is 1.77 bits per heavy atom. The van der Waals surface area contributed by atoms with Crippen molar-refractivity contribution >= 4 is 27.5 Å². The second-order valence-corrected chi connectivity index (χ2v) is 9.83. The third-order valence-corrected chi connectivity index (χ3v) is 7.78. The van der Waals surface area contributed by atoms with Gasteiger partial charge in [-0.05, 0) is 41.7 Å². The van der Waals surface area contributed by atoms with Crippen LogP contribution in [0, 0.1) is 11.3 Å². The SMILES string of the molecule is CC(=O)N1CCc2c(sc3c2c(=O)n(CCc2ccccc2)c(=O)n3Cc2ccc(C#N)cc2)C1. The molecule has 1 aliphatic rings. The Balaban J connectivity index is 1.65. The van der Waals surface area contributed by atoms with Crippen LogP contribution in [0.25, 0.3) is 10.2 Å². The number of amides is 1. The van der Waals surface area contributed by atoms with Gasteiger partial charge in [-0.15, -0.1) is 11.3 Å². The standard InChI is InChI=1S/C27H24N4O3S/c1-18(32)29-13-12-22-23(17-29)35-26-24(22)25(33)30(14-11-19-5-3-2-4-6-19)27(34)31(26)16-21-9-7-20(15-28)8-10-21/h2-10H,11-14,16-17H2,1H3. The number of carbonyl (C=O) groups is 1. The molecule has 0 radical (unpaired) electrons. The van der Waals surface area contributed by atoms with E-state index in [1.165, 1.54) is 15.9 Å². The van der Waals surface area contributed by atoms with Crippen LogP contribution in [0.2, 0.25) is 0 Å². The molecule has 1 amide bonds. The van der Waals surface area contributed by atoms with E-state index in [0.29, 0.717) is 48.3 Å². The molecular formula is C27H24N4O3S. The van der Waals surface area contributed by atoms with Gasteiger partial charge in [0.25, 0.3) is 5.56 Å². The molecule has 35 heavy (non-hydrogen) atoms. The van der Waals surface area contributed by atoms with Crippen LogP contribution in [-0.4, -0.2) is 26.5 Å². The van der Waals surface area contributed by atoms with E-state index in [0.717, 1.165) is 21.6 Å². The molecule has 0 atom stereocenters. The van der Waals surface area contributed by atoms with E-state index >= 15 is 0 Å². The summed E-state index contributed by atoms with van der Waals surface area (Å²) in [6, 6.07) is 19.0. The summed E-state index contributed by atoms with van der Waals surface area (Å²) in [6.45, 7) is 3.15. The van der Waals surface area contributed by atoms with Gasteiger partial charge >= 0.3 is 5.69 Å². The molecule has 3 heterocycles. The summed E-state index contributed by atoms with van der Waals surface area (Å²) in [5.74, 6) is 0.00310. The minimum atomic E-state index is -0.343. The van der Waals surface area contributed by atoms with Crippen molar-refractivity contribution in [2.24, 2.45) is 0 Å². The van der Waals surface area contributed by atoms with Gasteiger partial charge in [0.1, 0.15) is 4.83 Å². The van der Waals surface area contributed by atoms with E-state index in [1.54, 1.807) is 28.5 Å². The summed E-state index contributed by atoms with van der Waals surface area (Å²) in [5.41, 5.74) is 2.83. The van der Waals surface area contributed by atoms with E-state index in [-0.39, 0.29) is 23.7 Å². The molecule has 7 nitrogen and oxygen atoms in total. The number of aryl methyl sites for hydroxylation is 1. The molecule has 8 heteroatoms. The van der Waals surface area contributed by atoms with Gasteiger partial charge in [0.2, 0.25) is 5.91 Å². The molecule has 0 fully saturated rings. The zero-order valence-electron chi connectivity index (χ0n) is 19.4. The Hall–Kier alpha value is -3.96. The Morgan fingerprint density at radius 1 is 1.03 bits per heavy atom. The molecular weight excluding hydrogens is 460 g/mol. The third kappa shape index (κ3) is 4.31. The van der Waals surface area contributed by atoms with Crippen LogP contribution in [-0.2, 0) is 37.3 Å². The first-order chi connectivity index (χ1) is 17.0. The van der Waals surface area contributed by atoms with Crippen LogP contribution in [0.5, 0.6) is 0 Å². The lowest BCUT2D eigenvalue weighted by molar-refractivity contribution is -0.129. The average Bonchev–Trinajstić information content (AvgIpc) is 3.26. The fourth-order valence-electron chi connectivity index (χ4n) is 4.61. The predicted octanol–water partition coefficient (Wildman–Crippen LogP) is 3.29. The molecule has 0 bridgehead atoms. The highest BCUT2D eigenvalue weighted by molar-refractivity contribution is 7.18. The highest BCUT2D eigenvalue weighted by Gasteiger charge is 2.27. The lowest BCUT2D eigenvalue weighted by atomic mass is 10.1. The number of fused-ring (bicyclic) bond motifs is 3. The zero-order valence-corrected chi connectivity index (χ0v) is 20.2. The van der Waals surface area contributed by atoms with Crippen LogP contribution in [0.15, 0.2) is 64.2 Å². The monoisotopic (exact) mass is 484 g/mol. The lowest BCUT2D eigenvalue weighted by Crippen LogP contribution is -2.41. The van der Waals surface area contributed by atoms with Crippen molar-refractivity contribution in [1.29, 1.82) is 5.26 Å². The number of rotatable bonds is 5. The molecule has 0 spiro atoms. The molecule has 0 saturated carbocycles. The second-order valence-electron chi connectivity index (χ2n) is 8.74. The first-order valence-corrected chi connectivity index (χ1v) is 12.3. The molecule has 5 rings (SSSR count). The lowest BCUT2D eigenvalue weighted by Gasteiger charge is -2.25. The minimum Gasteiger partial charge on any atom is -0.337 e. The summed E-state index contributed by atoms with van der Waals surface area (Å²) in [6.07, 6.45) is 1.17. The fraction of sp³-hybridized carbons (Fsp3) is 0.259. The van der Waals surface area contributed by atoms with E-state index in [9.17, 15) is 14.4 Å². The topological polar surface area (TPSA) is 88.1 Å². The zero-order chi connectivity index (χ0) is 24.5. The predicted molar refractivity (Wildman–Crippen MR) is 136 cm³/mol. The number of aromatic nitrogens is 2. The molecule has 2 aromatic carbocycles. The highest BCUT2D eigenvalue weighted by atomic mass is 32.1. The largest absolute Gasteiger partial charge is 0.337 e. The highest BCUT2D eigenvalue weighted by Crippen LogP contribution is 2.33. The molecule has 0 unspecified atom stereocenters. The Morgan fingerprint density at radius 3 is 2.46 bits per heavy atom. The number of benzene rings is 2. The Kier molecular flexibility index (Phi) is 6.10. The van der Waals surface area contributed by atoms with E-state index < -0.39 is 0 Å². The van der Waals surface area contributed by atoms with Crippen LogP contribution in [0.4, 0.5) is 0 Å². The van der Waals surface area contributed by atoms with Crippen molar-refractivity contribution in [2.45, 2.75) is 39.4 Å². The maximum atomic E-state index is 13.7. The number of nitriles is 1. The maximum Gasteiger partial charge on any atom is 0.332 e. The van der Waals surface area contributed by atoms with Crippen LogP contribution in [0.1, 0.15) is 34.1 Å². The molecule has 2 aromatic heterocycles. The van der Waals surface area contributed by atoms with E-state index in [4.69, 9.17) is 5.26 Å². The smallest absolute Gasteiger partial charge is 0.332 e. The number of nitrogens with zero attached hydrogens (tertiary/aromatic N) is 4. The molecule has 0 aliphatic carbocycles. The molecule has 1 aliphatic heterocycles. The first-order valence-electron chi connectivity index (χ1n) is 11.5. The van der Waals surface area contributed by atoms with Crippen molar-refractivity contribution in [3.63, 3.8) is 0 Å². The number of thiophene rings is 1. The summed E-state index contributed by atoms with van der Waals surface area (Å²) >= 11 is 1.43. The average molecular weight is 485 g/mol. The number of carbonyl (C=O) groups excluding carboxylic acids is 1. The van der Waals surface area contributed by atoms with Crippen molar-refractivity contribution in [3.05, 3.63) is 103 Å². The fourth-order valence-corrected chi connectivity index (χ4v) is 5.96. The van der Waals surface area contributed by atoms with Gasteiger partial charge in [-0.2, -0.15) is 5.26 Å². The first kappa shape index (κ1) is 22.8. The Labute approximate surface area is 206 Å². The van der Waals surface area contributed by atoms with Gasteiger partial charge in [0.15, 0.2) is 0 Å². The van der Waals surface area contributed by atoms with E-state index in [2.05, 4.69) is 6.07 Å². The molecule has 0 N–H and O–H groups in total. The van der Waals surface area contributed by atoms with Gasteiger partial charge in [-0.1, -0.05) is 42.5 Å². The van der Waals surface area contributed by atoms with Crippen LogP contribution in [0.3, 0.4) is 0 Å². The summed E-state index contributed by atoms with van der Waals surface area (Å²) < 4.78 is 3.02. The van der Waals surface area contributed by atoms with Gasteiger partial charge < -0.3 is 4.90 Å². The molecule has 4 aromatic rings. The maximum absolute atomic E-state index is 13.7. The van der Waals surface area contributed by atoms with Crippen molar-refractivity contribution < 1.29 is 4.79 Å². The van der Waals surface area contributed by atoms with Crippen LogP contribution >= 0.6 is 11.3 Å². The minimum absolute atomic E-state index is 0.00310. The number of hydrogen-bond acceptors (Lipinski definition) is 5. The van der Waals surface area contributed by atoms with Gasteiger partial charge in [-0.25, -0.2) is 4.79 Å². The summed E-state index contributed by atoms with van der Waals surface area (Å²) in [7, 11) is 0. The quantitative estimate of drug-likeness (QED) is 0.435. The van der Waals surface area contributed by atoms with Crippen LogP contribution < -0.4 is 11.2 Å². The summed E-state index contributed by atoms with van der Waals surface area (Å²) in [5, 5.41) is 9.70. The van der Waals surface area contributed by atoms with E-state index in [1.807, 2.05) is 42.5 Å². The number of hydrogen-bond donors (Lipinski definition) is 0. The third-order valence-electron chi connectivity index (χ3n) is 6.54. The van der Waals surface area contributed by atoms with Crippen molar-refractivity contribution in [1.82, 2.24) is 14.0 Å². The molecule has 0 saturated heterocycles. The van der Waals surface area contributed by atoms with Gasteiger partial charge in [0, 0.05) is 24.9 Å². The van der Waals surface area contributed by atoms with Crippen molar-refractivity contribution in [2.75, 3.05) is 6.54 Å². The summed E-state index contributed by atoms with van der Waals surface area (Å²) in [4.78, 5) is 42.7. The normalized spacial score (nSPS) is 13.0. The Bertz CT molecular complexity index is 1570. The molecule has 176 valence electrons. The van der Waals surface area contributed by atoms with Gasteiger partial charge in [0.05, 0.1) is 30.1 Å².